The van der Waals surface area contributed by atoms with Crippen molar-refractivity contribution in [2.24, 2.45) is 0 Å². The van der Waals surface area contributed by atoms with E-state index in [2.05, 4.69) is 16.9 Å². The highest BCUT2D eigenvalue weighted by molar-refractivity contribution is 7.99. The molecule has 0 bridgehead atoms. The minimum Gasteiger partial charge on any atom is -0.396 e. The van der Waals surface area contributed by atoms with Crippen LogP contribution in [-0.4, -0.2) is 42.8 Å². The molecule has 1 aliphatic heterocycles. The van der Waals surface area contributed by atoms with Crippen molar-refractivity contribution in [1.82, 2.24) is 4.72 Å². The van der Waals surface area contributed by atoms with Gasteiger partial charge in [-0.25, -0.2) is 13.1 Å². The van der Waals surface area contributed by atoms with Crippen LogP contribution in [0, 0.1) is 0 Å². The van der Waals surface area contributed by atoms with Crippen molar-refractivity contribution in [3.63, 3.8) is 0 Å². The Hall–Kier alpha value is -3.02. The molecule has 4 unspecified atom stereocenters. The van der Waals surface area contributed by atoms with Gasteiger partial charge < -0.3 is 19.7 Å². The van der Waals surface area contributed by atoms with E-state index in [-0.39, 0.29) is 42.8 Å². The van der Waals surface area contributed by atoms with Crippen molar-refractivity contribution in [3.05, 3.63) is 137 Å². The van der Waals surface area contributed by atoms with Crippen LogP contribution < -0.4 is 4.72 Å². The zero-order chi connectivity index (χ0) is 29.4. The Morgan fingerprint density at radius 3 is 1.98 bits per heavy atom. The Bertz CT molecular complexity index is 1500. The van der Waals surface area contributed by atoms with Gasteiger partial charge >= 0.3 is 0 Å². The first-order chi connectivity index (χ1) is 20.5. The Morgan fingerprint density at radius 2 is 1.33 bits per heavy atom. The summed E-state index contributed by atoms with van der Waals surface area (Å²) >= 11 is 1.64. The molecule has 1 saturated heterocycles. The van der Waals surface area contributed by atoms with Crippen molar-refractivity contribution >= 4 is 21.8 Å². The van der Waals surface area contributed by atoms with Crippen LogP contribution in [0.25, 0.3) is 0 Å². The number of thioether (sulfide) groups is 1. The molecule has 4 aromatic carbocycles. The maximum absolute atomic E-state index is 12.6. The maximum atomic E-state index is 12.6. The van der Waals surface area contributed by atoms with Crippen LogP contribution in [0.1, 0.15) is 46.1 Å². The van der Waals surface area contributed by atoms with Gasteiger partial charge in [0.05, 0.1) is 30.3 Å². The Labute approximate surface area is 251 Å². The van der Waals surface area contributed by atoms with Gasteiger partial charge in [0, 0.05) is 29.5 Å². The lowest BCUT2D eigenvalue weighted by atomic mass is 9.84. The molecule has 0 amide bonds. The van der Waals surface area contributed by atoms with E-state index in [0.717, 1.165) is 27.8 Å². The van der Waals surface area contributed by atoms with Crippen molar-refractivity contribution in [3.8, 4) is 0 Å². The lowest BCUT2D eigenvalue weighted by molar-refractivity contribution is -0.255. The largest absolute Gasteiger partial charge is 0.396 e. The monoisotopic (exact) mass is 605 g/mol. The number of aliphatic hydroxyl groups is 2. The summed E-state index contributed by atoms with van der Waals surface area (Å²) < 4.78 is 41.2. The fourth-order valence-corrected chi connectivity index (χ4v) is 6.92. The predicted octanol–water partition coefficient (Wildman–Crippen LogP) is 5.32. The van der Waals surface area contributed by atoms with Gasteiger partial charge in [-0.3, -0.25) is 0 Å². The van der Waals surface area contributed by atoms with E-state index < -0.39 is 16.3 Å². The molecule has 220 valence electrons. The number of nitrogens with one attached hydrogen (secondary N) is 1. The van der Waals surface area contributed by atoms with Crippen molar-refractivity contribution < 1.29 is 28.1 Å². The molecule has 0 saturated carbocycles. The molecule has 7 nitrogen and oxygen atoms in total. The predicted molar refractivity (Wildman–Crippen MR) is 164 cm³/mol. The van der Waals surface area contributed by atoms with E-state index in [9.17, 15) is 18.6 Å². The zero-order valence-electron chi connectivity index (χ0n) is 23.1. The highest BCUT2D eigenvalue weighted by atomic mass is 32.2. The van der Waals surface area contributed by atoms with Crippen molar-refractivity contribution in [1.29, 1.82) is 0 Å². The summed E-state index contributed by atoms with van der Waals surface area (Å²) in [6.45, 7) is 0.211. The average Bonchev–Trinajstić information content (AvgIpc) is 3.05. The summed E-state index contributed by atoms with van der Waals surface area (Å²) in [6.07, 6.45) is -1.18. The van der Waals surface area contributed by atoms with E-state index in [1.54, 1.807) is 42.1 Å². The third kappa shape index (κ3) is 7.48. The van der Waals surface area contributed by atoms with Gasteiger partial charge in [-0.2, -0.15) is 11.8 Å². The van der Waals surface area contributed by atoms with Gasteiger partial charge in [0.2, 0.25) is 10.0 Å². The molecule has 42 heavy (non-hydrogen) atoms. The molecule has 1 fully saturated rings. The lowest BCUT2D eigenvalue weighted by Crippen LogP contribution is -2.38. The molecule has 9 heteroatoms. The first kappa shape index (κ1) is 30.4. The number of hydrogen-bond donors (Lipinski definition) is 3. The average molecular weight is 606 g/mol. The van der Waals surface area contributed by atoms with E-state index in [1.165, 1.54) is 0 Å². The fraction of sp³-hybridized carbons (Fsp3) is 0.273. The first-order valence-corrected chi connectivity index (χ1v) is 16.5. The molecule has 0 aromatic heterocycles. The highest BCUT2D eigenvalue weighted by Crippen LogP contribution is 2.47. The molecule has 5 rings (SSSR count). The van der Waals surface area contributed by atoms with Crippen LogP contribution in [0.3, 0.4) is 0 Å². The minimum atomic E-state index is -3.62. The second kappa shape index (κ2) is 14.4. The van der Waals surface area contributed by atoms with Crippen LogP contribution in [0.4, 0.5) is 0 Å². The number of ether oxygens (including phenoxy) is 2. The Morgan fingerprint density at radius 1 is 0.714 bits per heavy atom. The molecule has 1 aliphatic rings. The molecule has 3 N–H and O–H groups in total. The third-order valence-corrected chi connectivity index (χ3v) is 9.71. The maximum Gasteiger partial charge on any atom is 0.240 e. The van der Waals surface area contributed by atoms with Crippen LogP contribution >= 0.6 is 11.8 Å². The van der Waals surface area contributed by atoms with Gasteiger partial charge in [0.25, 0.3) is 0 Å². The second-order valence-electron chi connectivity index (χ2n) is 10.1. The van der Waals surface area contributed by atoms with E-state index in [4.69, 9.17) is 9.47 Å². The molecular formula is C33H35NO6S2. The third-order valence-electron chi connectivity index (χ3n) is 7.26. The lowest BCUT2D eigenvalue weighted by Gasteiger charge is -2.43. The standard InChI is InChI=1S/C33H35NO6S2/c35-19-20-41-23-30-31(26-7-3-1-4-8-26)32(27-15-13-25(22-36)14-16-27)40-33(39-30)28-17-11-24(12-18-28)21-34-42(37,38)29-9-5-2-6-10-29/h1-18,30-36H,19-23H2. The number of hydrogen-bond acceptors (Lipinski definition) is 7. The van der Waals surface area contributed by atoms with Crippen LogP contribution in [0.15, 0.2) is 114 Å². The van der Waals surface area contributed by atoms with Crippen molar-refractivity contribution in [2.75, 3.05) is 18.1 Å². The van der Waals surface area contributed by atoms with Crippen LogP contribution in [-0.2, 0) is 32.6 Å². The highest BCUT2D eigenvalue weighted by Gasteiger charge is 2.41. The Balaban J connectivity index is 1.39. The molecule has 0 spiro atoms. The molecule has 0 radical (unpaired) electrons. The van der Waals surface area contributed by atoms with Gasteiger partial charge in [-0.05, 0) is 34.4 Å². The molecule has 1 heterocycles. The van der Waals surface area contributed by atoms with Gasteiger partial charge in [0.15, 0.2) is 6.29 Å². The normalized spacial score (nSPS) is 20.8. The summed E-state index contributed by atoms with van der Waals surface area (Å²) in [5.74, 6) is 1.18. The molecule has 4 aromatic rings. The van der Waals surface area contributed by atoms with E-state index >= 15 is 0 Å². The summed E-state index contributed by atoms with van der Waals surface area (Å²) in [5.41, 5.74) is 4.54. The number of benzene rings is 4. The second-order valence-corrected chi connectivity index (χ2v) is 13.0. The number of aliphatic hydroxyl groups excluding tert-OH is 2. The molecular weight excluding hydrogens is 570 g/mol. The first-order valence-electron chi connectivity index (χ1n) is 13.9. The smallest absolute Gasteiger partial charge is 0.240 e. The zero-order valence-corrected chi connectivity index (χ0v) is 24.7. The fourth-order valence-electron chi connectivity index (χ4n) is 5.07. The van der Waals surface area contributed by atoms with E-state index in [1.807, 2.05) is 66.7 Å². The summed E-state index contributed by atoms with van der Waals surface area (Å²) in [4.78, 5) is 0.224. The minimum absolute atomic E-state index is 0.0338. The van der Waals surface area contributed by atoms with E-state index in [0.29, 0.717) is 11.5 Å². The Kier molecular flexibility index (Phi) is 10.5. The topological polar surface area (TPSA) is 105 Å². The molecule has 0 aliphatic carbocycles. The molecule has 4 atom stereocenters. The van der Waals surface area contributed by atoms with Gasteiger partial charge in [-0.15, -0.1) is 0 Å². The van der Waals surface area contributed by atoms with Gasteiger partial charge in [-0.1, -0.05) is 97.1 Å². The summed E-state index contributed by atoms with van der Waals surface area (Å²) in [5, 5.41) is 19.0. The van der Waals surface area contributed by atoms with Crippen LogP contribution in [0.5, 0.6) is 0 Å². The summed E-state index contributed by atoms with van der Waals surface area (Å²) in [6, 6.07) is 33.8. The SMILES string of the molecule is O=S(=O)(NCc1ccc(C2OC(CSCCO)C(c3ccccc3)C(c3ccc(CO)cc3)O2)cc1)c1ccccc1. The van der Waals surface area contributed by atoms with Crippen LogP contribution in [0.2, 0.25) is 0 Å². The van der Waals surface area contributed by atoms with Crippen molar-refractivity contribution in [2.45, 2.75) is 42.5 Å². The number of rotatable bonds is 12. The number of sulfonamides is 1. The quantitative estimate of drug-likeness (QED) is 0.188. The summed E-state index contributed by atoms with van der Waals surface area (Å²) in [7, 11) is -3.62. The van der Waals surface area contributed by atoms with Gasteiger partial charge in [0.1, 0.15) is 0 Å².